The predicted octanol–water partition coefficient (Wildman–Crippen LogP) is 2.08. The smallest absolute Gasteiger partial charge is 0.233 e. The van der Waals surface area contributed by atoms with Crippen molar-refractivity contribution < 1.29 is 4.79 Å². The van der Waals surface area contributed by atoms with Crippen LogP contribution in [0.15, 0.2) is 24.3 Å². The van der Waals surface area contributed by atoms with Gasteiger partial charge in [0.2, 0.25) is 5.91 Å². The molecule has 2 rings (SSSR count). The van der Waals surface area contributed by atoms with Gasteiger partial charge in [-0.3, -0.25) is 4.79 Å². The maximum Gasteiger partial charge on any atom is 0.233 e. The first-order valence-corrected chi connectivity index (χ1v) is 7.16. The van der Waals surface area contributed by atoms with Gasteiger partial charge in [-0.2, -0.15) is 0 Å². The lowest BCUT2D eigenvalue weighted by molar-refractivity contribution is -0.134. The minimum absolute atomic E-state index is 0.247. The van der Waals surface area contributed by atoms with E-state index in [0.717, 1.165) is 25.1 Å². The Labute approximate surface area is 115 Å². The molecule has 0 heterocycles. The van der Waals surface area contributed by atoms with Crippen molar-refractivity contribution in [2.24, 2.45) is 11.7 Å². The van der Waals surface area contributed by atoms with Crippen LogP contribution in [0.25, 0.3) is 0 Å². The van der Waals surface area contributed by atoms with Crippen LogP contribution in [0.2, 0.25) is 0 Å². The molecule has 1 aromatic rings. The molecule has 0 aromatic heterocycles. The standard InChI is InChI=1S/C16H24N2O/c1-4-18(5-2)15(19)16(10-14(16)11-17)13-8-6-12(3)7-9-13/h6-9,14H,4-5,10-11,17H2,1-3H3/t14-,16+/m1/s1. The summed E-state index contributed by atoms with van der Waals surface area (Å²) in [5.41, 5.74) is 7.83. The fraction of sp³-hybridized carbons (Fsp3) is 0.562. The Balaban J connectivity index is 2.34. The van der Waals surface area contributed by atoms with Crippen LogP contribution in [-0.4, -0.2) is 30.4 Å². The minimum atomic E-state index is -0.353. The van der Waals surface area contributed by atoms with E-state index in [4.69, 9.17) is 5.73 Å². The maximum atomic E-state index is 12.8. The van der Waals surface area contributed by atoms with Crippen molar-refractivity contribution in [1.29, 1.82) is 0 Å². The topological polar surface area (TPSA) is 46.3 Å². The molecule has 3 nitrogen and oxygen atoms in total. The van der Waals surface area contributed by atoms with Crippen LogP contribution in [0.3, 0.4) is 0 Å². The van der Waals surface area contributed by atoms with Crippen molar-refractivity contribution >= 4 is 5.91 Å². The van der Waals surface area contributed by atoms with Gasteiger partial charge < -0.3 is 10.6 Å². The first-order chi connectivity index (χ1) is 9.09. The Morgan fingerprint density at radius 1 is 1.32 bits per heavy atom. The van der Waals surface area contributed by atoms with E-state index in [2.05, 4.69) is 31.2 Å². The van der Waals surface area contributed by atoms with E-state index in [-0.39, 0.29) is 11.3 Å². The van der Waals surface area contributed by atoms with Gasteiger partial charge in [-0.15, -0.1) is 0 Å². The highest BCUT2D eigenvalue weighted by molar-refractivity contribution is 5.92. The molecule has 1 aromatic carbocycles. The summed E-state index contributed by atoms with van der Waals surface area (Å²) < 4.78 is 0. The molecule has 104 valence electrons. The fourth-order valence-electron chi connectivity index (χ4n) is 3.00. The van der Waals surface area contributed by atoms with E-state index in [1.807, 2.05) is 18.7 Å². The second-order valence-electron chi connectivity index (χ2n) is 5.45. The predicted molar refractivity (Wildman–Crippen MR) is 77.9 cm³/mol. The molecule has 1 aliphatic carbocycles. The summed E-state index contributed by atoms with van der Waals surface area (Å²) in [6.07, 6.45) is 0.891. The van der Waals surface area contributed by atoms with Crippen molar-refractivity contribution in [1.82, 2.24) is 4.90 Å². The van der Waals surface area contributed by atoms with Gasteiger partial charge in [-0.25, -0.2) is 0 Å². The molecule has 1 aliphatic rings. The van der Waals surface area contributed by atoms with E-state index < -0.39 is 0 Å². The zero-order valence-electron chi connectivity index (χ0n) is 12.1. The lowest BCUT2D eigenvalue weighted by atomic mass is 9.90. The average molecular weight is 260 g/mol. The molecule has 2 N–H and O–H groups in total. The van der Waals surface area contributed by atoms with Crippen molar-refractivity contribution in [2.75, 3.05) is 19.6 Å². The quantitative estimate of drug-likeness (QED) is 0.881. The van der Waals surface area contributed by atoms with Gasteiger partial charge in [0.25, 0.3) is 0 Å². The Kier molecular flexibility index (Phi) is 3.95. The number of likely N-dealkylation sites (N-methyl/N-ethyl adjacent to an activating group) is 1. The fourth-order valence-corrected chi connectivity index (χ4v) is 3.00. The van der Waals surface area contributed by atoms with Crippen LogP contribution in [0.5, 0.6) is 0 Å². The van der Waals surface area contributed by atoms with Gasteiger partial charge in [0, 0.05) is 13.1 Å². The van der Waals surface area contributed by atoms with Crippen molar-refractivity contribution in [3.63, 3.8) is 0 Å². The number of nitrogens with two attached hydrogens (primary N) is 1. The average Bonchev–Trinajstić information content (AvgIpc) is 3.16. The van der Waals surface area contributed by atoms with Gasteiger partial charge >= 0.3 is 0 Å². The Morgan fingerprint density at radius 3 is 2.32 bits per heavy atom. The third-order valence-electron chi connectivity index (χ3n) is 4.39. The Hall–Kier alpha value is -1.35. The summed E-state index contributed by atoms with van der Waals surface area (Å²) in [7, 11) is 0. The van der Waals surface area contributed by atoms with E-state index in [9.17, 15) is 4.79 Å². The zero-order valence-corrected chi connectivity index (χ0v) is 12.1. The summed E-state index contributed by atoms with van der Waals surface area (Å²) >= 11 is 0. The molecule has 2 atom stereocenters. The Bertz CT molecular complexity index is 450. The van der Waals surface area contributed by atoms with Crippen molar-refractivity contribution in [3.05, 3.63) is 35.4 Å². The van der Waals surface area contributed by atoms with E-state index in [1.165, 1.54) is 5.56 Å². The van der Waals surface area contributed by atoms with E-state index in [1.54, 1.807) is 0 Å². The number of nitrogens with zero attached hydrogens (tertiary/aromatic N) is 1. The second kappa shape index (κ2) is 5.33. The summed E-state index contributed by atoms with van der Waals surface area (Å²) in [6, 6.07) is 8.34. The van der Waals surface area contributed by atoms with Crippen molar-refractivity contribution in [2.45, 2.75) is 32.6 Å². The molecule has 0 bridgehead atoms. The number of amides is 1. The number of aryl methyl sites for hydroxylation is 1. The largest absolute Gasteiger partial charge is 0.342 e. The summed E-state index contributed by atoms with van der Waals surface area (Å²) in [5.74, 6) is 0.542. The molecule has 19 heavy (non-hydrogen) atoms. The van der Waals surface area contributed by atoms with Crippen LogP contribution < -0.4 is 5.73 Å². The second-order valence-corrected chi connectivity index (χ2v) is 5.45. The van der Waals surface area contributed by atoms with Crippen LogP contribution >= 0.6 is 0 Å². The zero-order chi connectivity index (χ0) is 14.0. The highest BCUT2D eigenvalue weighted by Crippen LogP contribution is 2.54. The molecule has 0 aliphatic heterocycles. The summed E-state index contributed by atoms with van der Waals surface area (Å²) in [5, 5.41) is 0. The van der Waals surface area contributed by atoms with Gasteiger partial charge in [0.05, 0.1) is 5.41 Å². The van der Waals surface area contributed by atoms with Crippen LogP contribution in [0, 0.1) is 12.8 Å². The van der Waals surface area contributed by atoms with E-state index in [0.29, 0.717) is 12.5 Å². The van der Waals surface area contributed by atoms with Gasteiger partial charge in [0.1, 0.15) is 0 Å². The first-order valence-electron chi connectivity index (χ1n) is 7.16. The van der Waals surface area contributed by atoms with E-state index >= 15 is 0 Å². The first kappa shape index (κ1) is 14.1. The summed E-state index contributed by atoms with van der Waals surface area (Å²) in [4.78, 5) is 14.7. The number of hydrogen-bond acceptors (Lipinski definition) is 2. The van der Waals surface area contributed by atoms with Gasteiger partial charge in [-0.05, 0) is 45.2 Å². The molecule has 0 unspecified atom stereocenters. The number of hydrogen-bond donors (Lipinski definition) is 1. The van der Waals surface area contributed by atoms with Gasteiger partial charge in [-0.1, -0.05) is 29.8 Å². The maximum absolute atomic E-state index is 12.8. The van der Waals surface area contributed by atoms with Crippen LogP contribution in [-0.2, 0) is 10.2 Å². The Morgan fingerprint density at radius 2 is 1.89 bits per heavy atom. The number of rotatable bonds is 5. The monoisotopic (exact) mass is 260 g/mol. The lowest BCUT2D eigenvalue weighted by Crippen LogP contribution is -2.40. The highest BCUT2D eigenvalue weighted by Gasteiger charge is 2.61. The van der Waals surface area contributed by atoms with Gasteiger partial charge in [0.15, 0.2) is 0 Å². The number of benzene rings is 1. The third kappa shape index (κ3) is 2.27. The molecular formula is C16H24N2O. The highest BCUT2D eigenvalue weighted by atomic mass is 16.2. The van der Waals surface area contributed by atoms with Crippen molar-refractivity contribution in [3.8, 4) is 0 Å². The molecule has 0 radical (unpaired) electrons. The lowest BCUT2D eigenvalue weighted by Gasteiger charge is -2.26. The van der Waals surface area contributed by atoms with Crippen LogP contribution in [0.4, 0.5) is 0 Å². The molecule has 1 saturated carbocycles. The molecule has 0 saturated heterocycles. The number of carbonyl (C=O) groups is 1. The molecule has 1 amide bonds. The summed E-state index contributed by atoms with van der Waals surface area (Å²) in [6.45, 7) is 8.24. The molecule has 0 spiro atoms. The minimum Gasteiger partial charge on any atom is -0.342 e. The SMILES string of the molecule is CCN(CC)C(=O)[C@]1(c2ccc(C)cc2)C[C@@H]1CN. The molecule has 3 heteroatoms. The molecular weight excluding hydrogens is 236 g/mol. The van der Waals surface area contributed by atoms with Crippen LogP contribution in [0.1, 0.15) is 31.4 Å². The normalized spacial score (nSPS) is 25.2. The number of carbonyl (C=O) groups excluding carboxylic acids is 1. The molecule has 1 fully saturated rings. The third-order valence-corrected chi connectivity index (χ3v) is 4.39.